The van der Waals surface area contributed by atoms with Gasteiger partial charge in [0.05, 0.1) is 18.0 Å². The van der Waals surface area contributed by atoms with Crippen molar-refractivity contribution in [1.29, 1.82) is 0 Å². The number of methoxy groups -OCH3 is 1. The highest BCUT2D eigenvalue weighted by Gasteiger charge is 2.22. The van der Waals surface area contributed by atoms with Gasteiger partial charge in [-0.3, -0.25) is 9.78 Å². The van der Waals surface area contributed by atoms with Crippen molar-refractivity contribution < 1.29 is 19.4 Å². The molecule has 1 aliphatic rings. The van der Waals surface area contributed by atoms with Crippen LogP contribution in [0.15, 0.2) is 42.6 Å². The molecule has 0 unspecified atom stereocenters. The second kappa shape index (κ2) is 11.2. The summed E-state index contributed by atoms with van der Waals surface area (Å²) < 4.78 is 10.3. The van der Waals surface area contributed by atoms with E-state index in [1.54, 1.807) is 14.0 Å². The van der Waals surface area contributed by atoms with E-state index in [-0.39, 0.29) is 18.2 Å². The molecule has 0 amide bonds. The predicted octanol–water partition coefficient (Wildman–Crippen LogP) is 3.94. The van der Waals surface area contributed by atoms with E-state index in [4.69, 9.17) is 9.47 Å². The minimum atomic E-state index is -0.126. The molecule has 4 rings (SSSR count). The van der Waals surface area contributed by atoms with Gasteiger partial charge in [-0.05, 0) is 49.4 Å². The van der Waals surface area contributed by atoms with Crippen LogP contribution in [0.25, 0.3) is 11.3 Å². The van der Waals surface area contributed by atoms with Gasteiger partial charge >= 0.3 is 0 Å². The Bertz CT molecular complexity index is 1100. The summed E-state index contributed by atoms with van der Waals surface area (Å²) in [6.07, 6.45) is 5.18. The number of aromatic hydroxyl groups is 1. The summed E-state index contributed by atoms with van der Waals surface area (Å²) in [6, 6.07) is 12.5. The van der Waals surface area contributed by atoms with Gasteiger partial charge in [-0.25, -0.2) is 9.97 Å². The molecule has 0 spiro atoms. The Morgan fingerprint density at radius 2 is 1.88 bits per heavy atom. The lowest BCUT2D eigenvalue weighted by molar-refractivity contribution is -0.0391. The fourth-order valence-electron chi connectivity index (χ4n) is 4.24. The number of ether oxygens (including phenoxy) is 2. The zero-order valence-corrected chi connectivity index (χ0v) is 19.6. The van der Waals surface area contributed by atoms with Crippen LogP contribution in [-0.2, 0) is 22.5 Å². The first-order chi connectivity index (χ1) is 16.6. The van der Waals surface area contributed by atoms with Crippen LogP contribution in [0, 0.1) is 12.8 Å². The van der Waals surface area contributed by atoms with Gasteiger partial charge in [0.25, 0.3) is 0 Å². The van der Waals surface area contributed by atoms with Crippen LogP contribution in [0.1, 0.15) is 40.4 Å². The standard InChI is InChI=1S/C26H30N4O4/c1-18-26(32)24(15-31)29-25(28-18)13-19-9-11-30(12-10-19)22-6-4-21(5-7-22)23-8-3-20(14-27-23)16-34-17-33-2/h3-8,14-15,19,32H,9-13,16-17H2,1-2H3. The lowest BCUT2D eigenvalue weighted by atomic mass is 9.92. The second-order valence-electron chi connectivity index (χ2n) is 8.57. The highest BCUT2D eigenvalue weighted by Crippen LogP contribution is 2.28. The van der Waals surface area contributed by atoms with E-state index in [0.29, 0.717) is 36.8 Å². The Kier molecular flexibility index (Phi) is 7.82. The van der Waals surface area contributed by atoms with Gasteiger partial charge in [-0.15, -0.1) is 0 Å². The smallest absolute Gasteiger partial charge is 0.172 e. The number of aromatic nitrogens is 3. The molecule has 0 bridgehead atoms. The molecule has 1 fully saturated rings. The molecule has 3 heterocycles. The Morgan fingerprint density at radius 1 is 1.12 bits per heavy atom. The molecule has 1 saturated heterocycles. The van der Waals surface area contributed by atoms with E-state index >= 15 is 0 Å². The number of piperidine rings is 1. The molecule has 8 nitrogen and oxygen atoms in total. The first-order valence-electron chi connectivity index (χ1n) is 11.5. The van der Waals surface area contributed by atoms with Gasteiger partial charge in [-0.1, -0.05) is 18.2 Å². The Labute approximate surface area is 199 Å². The number of anilines is 1. The van der Waals surface area contributed by atoms with Crippen LogP contribution in [0.4, 0.5) is 5.69 Å². The van der Waals surface area contributed by atoms with Gasteiger partial charge in [0.1, 0.15) is 18.3 Å². The zero-order chi connectivity index (χ0) is 23.9. The first kappa shape index (κ1) is 23.8. The Balaban J connectivity index is 1.32. The van der Waals surface area contributed by atoms with Crippen molar-refractivity contribution in [3.63, 3.8) is 0 Å². The fraction of sp³-hybridized carbons (Fsp3) is 0.385. The van der Waals surface area contributed by atoms with Crippen molar-refractivity contribution in [3.05, 3.63) is 65.4 Å². The molecule has 0 atom stereocenters. The zero-order valence-electron chi connectivity index (χ0n) is 19.6. The summed E-state index contributed by atoms with van der Waals surface area (Å²) in [7, 11) is 1.60. The molecule has 34 heavy (non-hydrogen) atoms. The van der Waals surface area contributed by atoms with E-state index in [2.05, 4.69) is 44.1 Å². The minimum Gasteiger partial charge on any atom is -0.504 e. The number of benzene rings is 1. The Hall–Kier alpha value is -3.36. The van der Waals surface area contributed by atoms with E-state index in [0.717, 1.165) is 42.8 Å². The number of hydrogen-bond donors (Lipinski definition) is 1. The van der Waals surface area contributed by atoms with Crippen molar-refractivity contribution in [2.75, 3.05) is 31.9 Å². The second-order valence-corrected chi connectivity index (χ2v) is 8.57. The number of aldehydes is 1. The topological polar surface area (TPSA) is 97.7 Å². The van der Waals surface area contributed by atoms with Crippen molar-refractivity contribution in [1.82, 2.24) is 15.0 Å². The number of carbonyl (C=O) groups excluding carboxylic acids is 1. The average molecular weight is 463 g/mol. The number of hydrogen-bond acceptors (Lipinski definition) is 8. The third-order valence-corrected chi connectivity index (χ3v) is 6.15. The van der Waals surface area contributed by atoms with Crippen LogP contribution in [0.2, 0.25) is 0 Å². The molecule has 1 aliphatic heterocycles. The van der Waals surface area contributed by atoms with Crippen molar-refractivity contribution in [2.24, 2.45) is 5.92 Å². The molecule has 0 radical (unpaired) electrons. The molecule has 0 saturated carbocycles. The first-order valence-corrected chi connectivity index (χ1v) is 11.5. The summed E-state index contributed by atoms with van der Waals surface area (Å²) in [5, 5.41) is 9.86. The van der Waals surface area contributed by atoms with Gasteiger partial charge in [0, 0.05) is 44.1 Å². The predicted molar refractivity (Wildman–Crippen MR) is 129 cm³/mol. The summed E-state index contributed by atoms with van der Waals surface area (Å²) in [6.45, 7) is 4.35. The average Bonchev–Trinajstić information content (AvgIpc) is 2.87. The van der Waals surface area contributed by atoms with Crippen molar-refractivity contribution >= 4 is 12.0 Å². The summed E-state index contributed by atoms with van der Waals surface area (Å²) in [4.78, 5) is 26.7. The summed E-state index contributed by atoms with van der Waals surface area (Å²) in [5.41, 5.74) is 4.74. The molecule has 1 N–H and O–H groups in total. The van der Waals surface area contributed by atoms with Crippen molar-refractivity contribution in [3.8, 4) is 17.0 Å². The number of aryl methyl sites for hydroxylation is 1. The maximum absolute atomic E-state index is 11.1. The van der Waals surface area contributed by atoms with Crippen LogP contribution < -0.4 is 4.90 Å². The Morgan fingerprint density at radius 3 is 2.53 bits per heavy atom. The number of pyridine rings is 1. The maximum Gasteiger partial charge on any atom is 0.172 e. The summed E-state index contributed by atoms with van der Waals surface area (Å²) in [5.74, 6) is 0.956. The quantitative estimate of drug-likeness (QED) is 0.290. The maximum atomic E-state index is 11.1. The monoisotopic (exact) mass is 462 g/mol. The van der Waals surface area contributed by atoms with Crippen LogP contribution in [0.5, 0.6) is 5.75 Å². The molecular weight excluding hydrogens is 432 g/mol. The number of rotatable bonds is 9. The van der Waals surface area contributed by atoms with Gasteiger partial charge < -0.3 is 19.5 Å². The molecule has 2 aromatic heterocycles. The van der Waals surface area contributed by atoms with Gasteiger partial charge in [-0.2, -0.15) is 0 Å². The lowest BCUT2D eigenvalue weighted by Gasteiger charge is -2.33. The van der Waals surface area contributed by atoms with E-state index < -0.39 is 0 Å². The van der Waals surface area contributed by atoms with E-state index in [1.165, 1.54) is 5.69 Å². The molecule has 178 valence electrons. The molecular formula is C26H30N4O4. The normalized spacial score (nSPS) is 14.4. The third kappa shape index (κ3) is 5.76. The largest absolute Gasteiger partial charge is 0.504 e. The van der Waals surface area contributed by atoms with Crippen LogP contribution in [0.3, 0.4) is 0 Å². The molecule has 8 heteroatoms. The number of carbonyl (C=O) groups is 1. The van der Waals surface area contributed by atoms with Gasteiger partial charge in [0.2, 0.25) is 0 Å². The van der Waals surface area contributed by atoms with Crippen LogP contribution >= 0.6 is 0 Å². The van der Waals surface area contributed by atoms with Gasteiger partial charge in [0.15, 0.2) is 12.0 Å². The molecule has 1 aromatic carbocycles. The molecule has 3 aromatic rings. The van der Waals surface area contributed by atoms with E-state index in [1.807, 2.05) is 18.3 Å². The highest BCUT2D eigenvalue weighted by molar-refractivity contribution is 5.76. The third-order valence-electron chi connectivity index (χ3n) is 6.15. The summed E-state index contributed by atoms with van der Waals surface area (Å²) >= 11 is 0. The van der Waals surface area contributed by atoms with E-state index in [9.17, 15) is 9.90 Å². The highest BCUT2D eigenvalue weighted by atomic mass is 16.7. The number of nitrogens with zero attached hydrogens (tertiary/aromatic N) is 4. The lowest BCUT2D eigenvalue weighted by Crippen LogP contribution is -2.34. The minimum absolute atomic E-state index is 0.0728. The van der Waals surface area contributed by atoms with Crippen molar-refractivity contribution in [2.45, 2.75) is 32.8 Å². The fourth-order valence-corrected chi connectivity index (χ4v) is 4.24. The van der Waals surface area contributed by atoms with Crippen LogP contribution in [-0.4, -0.2) is 53.3 Å². The molecule has 0 aliphatic carbocycles. The SMILES string of the molecule is COCOCc1ccc(-c2ccc(N3CCC(Cc4nc(C)c(O)c(C=O)n4)CC3)cc2)nc1.